The standard InChI is InChI=1S/C18H16ClN3O3/c1-24-16-8-12(7-15(19)9-16)10-22-11-17(20-21-22)13-3-5-14(6-4-13)18(23)25-2/h3-9,11H,10H2,1-2H3. The van der Waals surface area contributed by atoms with Crippen LogP contribution in [0.25, 0.3) is 11.3 Å². The van der Waals surface area contributed by atoms with E-state index in [1.807, 2.05) is 30.5 Å². The van der Waals surface area contributed by atoms with Crippen molar-refractivity contribution in [1.29, 1.82) is 0 Å². The summed E-state index contributed by atoms with van der Waals surface area (Å²) in [7, 11) is 2.95. The van der Waals surface area contributed by atoms with Gasteiger partial charge in [0.1, 0.15) is 11.4 Å². The molecule has 0 atom stereocenters. The Hall–Kier alpha value is -2.86. The van der Waals surface area contributed by atoms with Crippen molar-refractivity contribution in [2.45, 2.75) is 6.54 Å². The van der Waals surface area contributed by atoms with Crippen molar-refractivity contribution >= 4 is 17.6 Å². The summed E-state index contributed by atoms with van der Waals surface area (Å²) >= 11 is 6.09. The molecule has 1 heterocycles. The van der Waals surface area contributed by atoms with Crippen LogP contribution >= 0.6 is 11.6 Å². The van der Waals surface area contributed by atoms with Crippen molar-refractivity contribution in [3.05, 3.63) is 64.8 Å². The number of rotatable bonds is 5. The fraction of sp³-hybridized carbons (Fsp3) is 0.167. The number of esters is 1. The van der Waals surface area contributed by atoms with Crippen molar-refractivity contribution < 1.29 is 14.3 Å². The van der Waals surface area contributed by atoms with Crippen LogP contribution in [0.2, 0.25) is 5.02 Å². The largest absolute Gasteiger partial charge is 0.497 e. The molecule has 0 aliphatic heterocycles. The Morgan fingerprint density at radius 3 is 2.60 bits per heavy atom. The number of hydrogen-bond donors (Lipinski definition) is 0. The number of benzene rings is 2. The zero-order valence-electron chi connectivity index (χ0n) is 13.8. The second kappa shape index (κ2) is 7.36. The van der Waals surface area contributed by atoms with Crippen LogP contribution in [0.5, 0.6) is 5.75 Å². The topological polar surface area (TPSA) is 66.2 Å². The molecule has 0 aliphatic rings. The molecule has 0 saturated carbocycles. The molecule has 1 aromatic heterocycles. The van der Waals surface area contributed by atoms with Crippen LogP contribution in [-0.4, -0.2) is 35.2 Å². The van der Waals surface area contributed by atoms with Crippen molar-refractivity contribution in [3.63, 3.8) is 0 Å². The number of ether oxygens (including phenoxy) is 2. The van der Waals surface area contributed by atoms with Crippen molar-refractivity contribution in [3.8, 4) is 17.0 Å². The second-order valence-electron chi connectivity index (χ2n) is 5.37. The highest BCUT2D eigenvalue weighted by atomic mass is 35.5. The van der Waals surface area contributed by atoms with Crippen molar-refractivity contribution in [1.82, 2.24) is 15.0 Å². The van der Waals surface area contributed by atoms with Gasteiger partial charge in [0, 0.05) is 10.6 Å². The summed E-state index contributed by atoms with van der Waals surface area (Å²) in [4.78, 5) is 11.5. The average Bonchev–Trinajstić information content (AvgIpc) is 3.09. The number of hydrogen-bond acceptors (Lipinski definition) is 5. The Morgan fingerprint density at radius 2 is 1.92 bits per heavy atom. The van der Waals surface area contributed by atoms with Gasteiger partial charge >= 0.3 is 5.97 Å². The minimum atomic E-state index is -0.370. The van der Waals surface area contributed by atoms with E-state index < -0.39 is 0 Å². The summed E-state index contributed by atoms with van der Waals surface area (Å²) < 4.78 is 11.6. The van der Waals surface area contributed by atoms with Gasteiger partial charge in [0.2, 0.25) is 0 Å². The predicted molar refractivity (Wildman–Crippen MR) is 93.9 cm³/mol. The highest BCUT2D eigenvalue weighted by Gasteiger charge is 2.09. The molecule has 0 N–H and O–H groups in total. The highest BCUT2D eigenvalue weighted by molar-refractivity contribution is 6.30. The molecule has 0 aliphatic carbocycles. The molecule has 128 valence electrons. The monoisotopic (exact) mass is 357 g/mol. The van der Waals surface area contributed by atoms with E-state index in [0.717, 1.165) is 11.1 Å². The lowest BCUT2D eigenvalue weighted by atomic mass is 10.1. The third-order valence-corrected chi connectivity index (χ3v) is 3.87. The molecule has 25 heavy (non-hydrogen) atoms. The minimum Gasteiger partial charge on any atom is -0.497 e. The molecule has 0 spiro atoms. The summed E-state index contributed by atoms with van der Waals surface area (Å²) in [5, 5.41) is 8.92. The fourth-order valence-electron chi connectivity index (χ4n) is 2.42. The minimum absolute atomic E-state index is 0.370. The van der Waals surface area contributed by atoms with Gasteiger partial charge in [-0.2, -0.15) is 0 Å². The zero-order chi connectivity index (χ0) is 17.8. The molecule has 3 rings (SSSR count). The van der Waals surface area contributed by atoms with E-state index in [4.69, 9.17) is 16.3 Å². The summed E-state index contributed by atoms with van der Waals surface area (Å²) in [6.07, 6.45) is 1.83. The van der Waals surface area contributed by atoms with Gasteiger partial charge < -0.3 is 9.47 Å². The van der Waals surface area contributed by atoms with Crippen LogP contribution in [0.1, 0.15) is 15.9 Å². The van der Waals surface area contributed by atoms with Gasteiger partial charge in [0.15, 0.2) is 0 Å². The number of aromatic nitrogens is 3. The first-order chi connectivity index (χ1) is 12.1. The average molecular weight is 358 g/mol. The Bertz CT molecular complexity index is 891. The molecule has 0 radical (unpaired) electrons. The van der Waals surface area contributed by atoms with Gasteiger partial charge in [-0.3, -0.25) is 0 Å². The van der Waals surface area contributed by atoms with Crippen LogP contribution in [-0.2, 0) is 11.3 Å². The van der Waals surface area contributed by atoms with Crippen molar-refractivity contribution in [2.75, 3.05) is 14.2 Å². The van der Waals surface area contributed by atoms with Crippen LogP contribution < -0.4 is 4.74 Å². The van der Waals surface area contributed by atoms with Crippen LogP contribution in [0.15, 0.2) is 48.7 Å². The predicted octanol–water partition coefficient (Wildman–Crippen LogP) is 3.44. The highest BCUT2D eigenvalue weighted by Crippen LogP contribution is 2.22. The zero-order valence-corrected chi connectivity index (χ0v) is 14.5. The van der Waals surface area contributed by atoms with Gasteiger partial charge in [0.05, 0.1) is 32.5 Å². The second-order valence-corrected chi connectivity index (χ2v) is 5.81. The molecule has 0 saturated heterocycles. The third-order valence-electron chi connectivity index (χ3n) is 3.65. The number of methoxy groups -OCH3 is 2. The van der Waals surface area contributed by atoms with Gasteiger partial charge in [-0.1, -0.05) is 28.9 Å². The van der Waals surface area contributed by atoms with E-state index in [9.17, 15) is 4.79 Å². The lowest BCUT2D eigenvalue weighted by Gasteiger charge is -2.05. The number of nitrogens with zero attached hydrogens (tertiary/aromatic N) is 3. The fourth-order valence-corrected chi connectivity index (χ4v) is 2.67. The number of carbonyl (C=O) groups excluding carboxylic acids is 1. The first-order valence-corrected chi connectivity index (χ1v) is 7.89. The van der Waals surface area contributed by atoms with E-state index in [-0.39, 0.29) is 5.97 Å². The molecule has 0 bridgehead atoms. The summed E-state index contributed by atoms with van der Waals surface area (Å²) in [5.74, 6) is 0.325. The molecular weight excluding hydrogens is 342 g/mol. The lowest BCUT2D eigenvalue weighted by molar-refractivity contribution is 0.0601. The summed E-state index contributed by atoms with van der Waals surface area (Å²) in [5.41, 5.74) is 3.03. The van der Waals surface area contributed by atoms with Gasteiger partial charge in [-0.15, -0.1) is 5.10 Å². The number of carbonyl (C=O) groups is 1. The third kappa shape index (κ3) is 3.97. The maximum atomic E-state index is 11.5. The Kier molecular flexibility index (Phi) is 5.00. The summed E-state index contributed by atoms with van der Waals surface area (Å²) in [6.45, 7) is 0.518. The van der Waals surface area contributed by atoms with E-state index >= 15 is 0 Å². The molecule has 3 aromatic rings. The first kappa shape index (κ1) is 17.0. The normalized spacial score (nSPS) is 10.5. The Balaban J connectivity index is 1.78. The lowest BCUT2D eigenvalue weighted by Crippen LogP contribution is -2.01. The van der Waals surface area contributed by atoms with Crippen LogP contribution in [0, 0.1) is 0 Å². The smallest absolute Gasteiger partial charge is 0.337 e. The molecule has 0 amide bonds. The van der Waals surface area contributed by atoms with Crippen LogP contribution in [0.3, 0.4) is 0 Å². The maximum absolute atomic E-state index is 11.5. The summed E-state index contributed by atoms with van der Waals surface area (Å²) in [6, 6.07) is 12.5. The van der Waals surface area contributed by atoms with E-state index in [1.165, 1.54) is 7.11 Å². The molecule has 7 heteroatoms. The first-order valence-electron chi connectivity index (χ1n) is 7.51. The molecule has 0 unspecified atom stereocenters. The SMILES string of the molecule is COC(=O)c1ccc(-c2cn(Cc3cc(Cl)cc(OC)c3)nn2)cc1. The maximum Gasteiger partial charge on any atom is 0.337 e. The van der Waals surface area contributed by atoms with Crippen molar-refractivity contribution in [2.24, 2.45) is 0 Å². The van der Waals surface area contributed by atoms with Gasteiger partial charge in [-0.25, -0.2) is 9.48 Å². The van der Waals surface area contributed by atoms with E-state index in [1.54, 1.807) is 30.0 Å². The van der Waals surface area contributed by atoms with Crippen LogP contribution in [0.4, 0.5) is 0 Å². The number of halogens is 1. The molecule has 2 aromatic carbocycles. The van der Waals surface area contributed by atoms with E-state index in [0.29, 0.717) is 28.6 Å². The van der Waals surface area contributed by atoms with Gasteiger partial charge in [-0.05, 0) is 35.9 Å². The molecule has 0 fully saturated rings. The molecular formula is C18H16ClN3O3. The van der Waals surface area contributed by atoms with Gasteiger partial charge in [0.25, 0.3) is 0 Å². The Morgan fingerprint density at radius 1 is 1.16 bits per heavy atom. The molecule has 6 nitrogen and oxygen atoms in total. The van der Waals surface area contributed by atoms with E-state index in [2.05, 4.69) is 15.0 Å². The Labute approximate surface area is 149 Å². The quantitative estimate of drug-likeness (QED) is 0.654.